The SMILES string of the molecule is ON=C1CCC=CCCC1N1CCN(c2ccccn2)CC1. The summed E-state index contributed by atoms with van der Waals surface area (Å²) in [7, 11) is 0. The van der Waals surface area contributed by atoms with Crippen LogP contribution in [0.4, 0.5) is 5.82 Å². The Labute approximate surface area is 131 Å². The highest BCUT2D eigenvalue weighted by atomic mass is 16.4. The van der Waals surface area contributed by atoms with Gasteiger partial charge in [-0.25, -0.2) is 4.98 Å². The average Bonchev–Trinajstić information content (AvgIpc) is 2.56. The number of piperazine rings is 1. The lowest BCUT2D eigenvalue weighted by Crippen LogP contribution is -2.53. The largest absolute Gasteiger partial charge is 0.411 e. The van der Waals surface area contributed by atoms with Gasteiger partial charge in [0.15, 0.2) is 0 Å². The van der Waals surface area contributed by atoms with Crippen molar-refractivity contribution in [1.82, 2.24) is 9.88 Å². The van der Waals surface area contributed by atoms with Gasteiger partial charge in [-0.2, -0.15) is 0 Å². The van der Waals surface area contributed by atoms with Gasteiger partial charge in [0.1, 0.15) is 5.82 Å². The molecule has 2 aliphatic rings. The fourth-order valence-corrected chi connectivity index (χ4v) is 3.37. The fourth-order valence-electron chi connectivity index (χ4n) is 3.37. The molecule has 22 heavy (non-hydrogen) atoms. The van der Waals surface area contributed by atoms with Crippen molar-refractivity contribution in [2.45, 2.75) is 31.7 Å². The van der Waals surface area contributed by atoms with Crippen LogP contribution in [0.1, 0.15) is 25.7 Å². The van der Waals surface area contributed by atoms with Crippen molar-refractivity contribution in [2.24, 2.45) is 5.16 Å². The van der Waals surface area contributed by atoms with E-state index in [2.05, 4.69) is 38.2 Å². The highest BCUT2D eigenvalue weighted by Crippen LogP contribution is 2.20. The van der Waals surface area contributed by atoms with Crippen LogP contribution in [-0.4, -0.2) is 53.0 Å². The lowest BCUT2D eigenvalue weighted by atomic mass is 9.96. The molecule has 0 spiro atoms. The van der Waals surface area contributed by atoms with E-state index in [0.717, 1.165) is 63.4 Å². The van der Waals surface area contributed by atoms with Crippen LogP contribution in [0.15, 0.2) is 41.7 Å². The summed E-state index contributed by atoms with van der Waals surface area (Å²) in [6.45, 7) is 3.93. The molecule has 1 aromatic rings. The number of hydrogen-bond donors (Lipinski definition) is 1. The van der Waals surface area contributed by atoms with Crippen LogP contribution in [0, 0.1) is 0 Å². The molecule has 5 nitrogen and oxygen atoms in total. The first-order chi connectivity index (χ1) is 10.9. The molecule has 1 saturated heterocycles. The van der Waals surface area contributed by atoms with Crippen molar-refractivity contribution >= 4 is 11.5 Å². The smallest absolute Gasteiger partial charge is 0.128 e. The predicted molar refractivity (Wildman–Crippen MR) is 88.6 cm³/mol. The zero-order valence-corrected chi connectivity index (χ0v) is 12.9. The van der Waals surface area contributed by atoms with E-state index in [1.807, 2.05) is 18.3 Å². The molecule has 3 rings (SSSR count). The minimum absolute atomic E-state index is 0.279. The second kappa shape index (κ2) is 7.40. The molecule has 0 aromatic carbocycles. The van der Waals surface area contributed by atoms with Crippen molar-refractivity contribution in [3.63, 3.8) is 0 Å². The Morgan fingerprint density at radius 3 is 2.64 bits per heavy atom. The molecular formula is C17H24N4O. The first-order valence-electron chi connectivity index (χ1n) is 8.14. The molecular weight excluding hydrogens is 276 g/mol. The van der Waals surface area contributed by atoms with E-state index in [1.165, 1.54) is 0 Å². The van der Waals surface area contributed by atoms with Crippen LogP contribution in [-0.2, 0) is 0 Å². The van der Waals surface area contributed by atoms with Crippen LogP contribution in [0.3, 0.4) is 0 Å². The molecule has 5 heteroatoms. The van der Waals surface area contributed by atoms with Crippen molar-refractivity contribution < 1.29 is 5.21 Å². The number of allylic oxidation sites excluding steroid dienone is 2. The van der Waals surface area contributed by atoms with Gasteiger partial charge in [0, 0.05) is 32.4 Å². The molecule has 1 aromatic heterocycles. The van der Waals surface area contributed by atoms with Crippen LogP contribution >= 0.6 is 0 Å². The normalized spacial score (nSPS) is 25.9. The molecule has 0 amide bonds. The van der Waals surface area contributed by atoms with Gasteiger partial charge in [0.05, 0.1) is 11.8 Å². The van der Waals surface area contributed by atoms with Crippen LogP contribution in [0.2, 0.25) is 0 Å². The summed E-state index contributed by atoms with van der Waals surface area (Å²) in [5.41, 5.74) is 0.940. The van der Waals surface area contributed by atoms with Gasteiger partial charge in [-0.1, -0.05) is 23.4 Å². The van der Waals surface area contributed by atoms with Gasteiger partial charge in [-0.3, -0.25) is 4.90 Å². The standard InChI is InChI=1S/C17H24N4O/c22-19-15-7-3-1-2-4-8-16(15)20-11-13-21(14-12-20)17-9-5-6-10-18-17/h1-2,5-6,9-10,16,22H,3-4,7-8,11-14H2. The van der Waals surface area contributed by atoms with E-state index in [1.54, 1.807) is 0 Å². The highest BCUT2D eigenvalue weighted by Gasteiger charge is 2.28. The maximum Gasteiger partial charge on any atom is 0.128 e. The van der Waals surface area contributed by atoms with E-state index in [4.69, 9.17) is 0 Å². The third-order valence-corrected chi connectivity index (χ3v) is 4.58. The first-order valence-corrected chi connectivity index (χ1v) is 8.14. The van der Waals surface area contributed by atoms with Gasteiger partial charge in [-0.05, 0) is 37.8 Å². The Morgan fingerprint density at radius 1 is 1.09 bits per heavy atom. The second-order valence-electron chi connectivity index (χ2n) is 5.91. The van der Waals surface area contributed by atoms with Crippen molar-refractivity contribution in [3.05, 3.63) is 36.5 Å². The van der Waals surface area contributed by atoms with E-state index in [9.17, 15) is 5.21 Å². The molecule has 1 N–H and O–H groups in total. The van der Waals surface area contributed by atoms with Crippen LogP contribution in [0.25, 0.3) is 0 Å². The minimum atomic E-state index is 0.279. The quantitative estimate of drug-likeness (QED) is 0.518. The molecule has 1 atom stereocenters. The number of oxime groups is 1. The Hall–Kier alpha value is -1.88. The lowest BCUT2D eigenvalue weighted by Gasteiger charge is -2.40. The molecule has 118 valence electrons. The topological polar surface area (TPSA) is 52.0 Å². The van der Waals surface area contributed by atoms with Gasteiger partial charge in [0.2, 0.25) is 0 Å². The molecule has 1 aliphatic carbocycles. The lowest BCUT2D eigenvalue weighted by molar-refractivity contribution is 0.211. The molecule has 1 aliphatic heterocycles. The summed E-state index contributed by atoms with van der Waals surface area (Å²) < 4.78 is 0. The van der Waals surface area contributed by atoms with Crippen LogP contribution in [0.5, 0.6) is 0 Å². The van der Waals surface area contributed by atoms with Gasteiger partial charge in [0.25, 0.3) is 0 Å². The van der Waals surface area contributed by atoms with Gasteiger partial charge in [-0.15, -0.1) is 0 Å². The Bertz CT molecular complexity index is 521. The van der Waals surface area contributed by atoms with E-state index in [-0.39, 0.29) is 6.04 Å². The summed E-state index contributed by atoms with van der Waals surface area (Å²) in [5.74, 6) is 1.05. The van der Waals surface area contributed by atoms with Crippen molar-refractivity contribution in [1.29, 1.82) is 0 Å². The molecule has 2 heterocycles. The Morgan fingerprint density at radius 2 is 1.91 bits per heavy atom. The number of aromatic nitrogens is 1. The van der Waals surface area contributed by atoms with E-state index >= 15 is 0 Å². The molecule has 1 fully saturated rings. The summed E-state index contributed by atoms with van der Waals surface area (Å²) >= 11 is 0. The maximum absolute atomic E-state index is 9.36. The predicted octanol–water partition coefficient (Wildman–Crippen LogP) is 2.53. The Kier molecular flexibility index (Phi) is 5.06. The second-order valence-corrected chi connectivity index (χ2v) is 5.91. The summed E-state index contributed by atoms with van der Waals surface area (Å²) in [6, 6.07) is 6.33. The van der Waals surface area contributed by atoms with Crippen LogP contribution < -0.4 is 4.90 Å². The zero-order chi connectivity index (χ0) is 15.2. The van der Waals surface area contributed by atoms with E-state index < -0.39 is 0 Å². The van der Waals surface area contributed by atoms with Crippen molar-refractivity contribution in [3.8, 4) is 0 Å². The number of hydrogen-bond acceptors (Lipinski definition) is 5. The number of nitrogens with zero attached hydrogens (tertiary/aromatic N) is 4. The van der Waals surface area contributed by atoms with E-state index in [0.29, 0.717) is 0 Å². The number of pyridine rings is 1. The summed E-state index contributed by atoms with van der Waals surface area (Å²) in [6.07, 6.45) is 10.2. The third-order valence-electron chi connectivity index (χ3n) is 4.58. The minimum Gasteiger partial charge on any atom is -0.411 e. The highest BCUT2D eigenvalue weighted by molar-refractivity contribution is 5.89. The molecule has 0 bridgehead atoms. The number of anilines is 1. The summed E-state index contributed by atoms with van der Waals surface area (Å²) in [4.78, 5) is 9.23. The average molecular weight is 300 g/mol. The van der Waals surface area contributed by atoms with Gasteiger partial charge < -0.3 is 10.1 Å². The van der Waals surface area contributed by atoms with Gasteiger partial charge >= 0.3 is 0 Å². The molecule has 0 saturated carbocycles. The molecule has 0 radical (unpaired) electrons. The first kappa shape index (κ1) is 15.0. The maximum atomic E-state index is 9.36. The Balaban J connectivity index is 1.63. The third kappa shape index (κ3) is 3.47. The van der Waals surface area contributed by atoms with Crippen molar-refractivity contribution in [2.75, 3.05) is 31.1 Å². The fraction of sp³-hybridized carbons (Fsp3) is 0.529. The monoisotopic (exact) mass is 300 g/mol. The summed E-state index contributed by atoms with van der Waals surface area (Å²) in [5, 5.41) is 13.0. The zero-order valence-electron chi connectivity index (χ0n) is 12.9. The molecule has 1 unspecified atom stereocenters. The number of rotatable bonds is 2.